The van der Waals surface area contributed by atoms with Crippen LogP contribution >= 0.6 is 0 Å². The van der Waals surface area contributed by atoms with Gasteiger partial charge in [0.15, 0.2) is 0 Å². The van der Waals surface area contributed by atoms with E-state index in [4.69, 9.17) is 0 Å². The van der Waals surface area contributed by atoms with Gasteiger partial charge in [-0.2, -0.15) is 0 Å². The topological polar surface area (TPSA) is 84.0 Å². The normalized spacial score (nSPS) is 11.1. The number of benzene rings is 1. The van der Waals surface area contributed by atoms with Gasteiger partial charge in [-0.3, -0.25) is 9.71 Å². The molecule has 0 bridgehead atoms. The Hall–Kier alpha value is -2.93. The Bertz CT molecular complexity index is 942. The molecule has 0 unspecified atom stereocenters. The van der Waals surface area contributed by atoms with Crippen LogP contribution in [0.5, 0.6) is 0 Å². The summed E-state index contributed by atoms with van der Waals surface area (Å²) < 4.78 is 27.5. The summed E-state index contributed by atoms with van der Waals surface area (Å²) in [4.78, 5) is 8.70. The largest absolute Gasteiger partial charge is 0.364 e. The number of hydrogen-bond acceptors (Lipinski definition) is 5. The molecule has 0 atom stereocenters. The highest BCUT2D eigenvalue weighted by Crippen LogP contribution is 2.19. The first-order chi connectivity index (χ1) is 12.0. The summed E-state index contributed by atoms with van der Waals surface area (Å²) in [5, 5.41) is 3.14. The van der Waals surface area contributed by atoms with Gasteiger partial charge in [0.05, 0.1) is 29.0 Å². The number of aromatic nitrogens is 2. The van der Waals surface area contributed by atoms with Crippen molar-refractivity contribution in [3.63, 3.8) is 0 Å². The Morgan fingerprint density at radius 1 is 0.960 bits per heavy atom. The Labute approximate surface area is 147 Å². The summed E-state index contributed by atoms with van der Waals surface area (Å²) in [5.41, 5.74) is 2.00. The summed E-state index contributed by atoms with van der Waals surface area (Å²) >= 11 is 0. The van der Waals surface area contributed by atoms with Gasteiger partial charge in [-0.25, -0.2) is 13.4 Å². The molecule has 0 aliphatic carbocycles. The van der Waals surface area contributed by atoms with Gasteiger partial charge in [0, 0.05) is 6.20 Å². The first kappa shape index (κ1) is 16.9. The van der Waals surface area contributed by atoms with Gasteiger partial charge in [0.25, 0.3) is 10.0 Å². The molecule has 0 amide bonds. The Morgan fingerprint density at radius 2 is 1.76 bits per heavy atom. The van der Waals surface area contributed by atoms with Crippen LogP contribution in [0.15, 0.2) is 71.9 Å². The second-order valence-corrected chi connectivity index (χ2v) is 7.13. The lowest BCUT2D eigenvalue weighted by Crippen LogP contribution is -2.14. The summed E-state index contributed by atoms with van der Waals surface area (Å²) in [6, 6.07) is 15.9. The number of pyridine rings is 2. The van der Waals surface area contributed by atoms with E-state index in [-0.39, 0.29) is 4.90 Å². The molecule has 0 radical (unpaired) electrons. The minimum absolute atomic E-state index is 0.257. The van der Waals surface area contributed by atoms with Crippen molar-refractivity contribution in [1.29, 1.82) is 0 Å². The van der Waals surface area contributed by atoms with Gasteiger partial charge in [-0.15, -0.1) is 0 Å². The smallest absolute Gasteiger partial charge is 0.262 e. The molecule has 7 heteroatoms. The van der Waals surface area contributed by atoms with E-state index in [0.29, 0.717) is 23.6 Å². The highest BCUT2D eigenvalue weighted by atomic mass is 32.2. The lowest BCUT2D eigenvalue weighted by Gasteiger charge is -2.11. The molecule has 2 heterocycles. The standard InChI is InChI=1S/C18H18N4O2S/c1-14-6-2-3-8-17(14)25(23,24)22-16-9-10-18(21-13-16)20-12-15-7-4-5-11-19-15/h2-11,13,22H,12H2,1H3,(H,20,21). The Balaban J connectivity index is 1.67. The molecule has 2 aromatic heterocycles. The van der Waals surface area contributed by atoms with Crippen LogP contribution in [0.3, 0.4) is 0 Å². The van der Waals surface area contributed by atoms with Crippen LogP contribution in [-0.4, -0.2) is 18.4 Å². The summed E-state index contributed by atoms with van der Waals surface area (Å²) in [6.45, 7) is 2.31. The van der Waals surface area contributed by atoms with Crippen molar-refractivity contribution in [3.8, 4) is 0 Å². The Kier molecular flexibility index (Phi) is 4.95. The van der Waals surface area contributed by atoms with E-state index in [0.717, 1.165) is 5.69 Å². The molecule has 0 saturated heterocycles. The van der Waals surface area contributed by atoms with Gasteiger partial charge in [-0.1, -0.05) is 24.3 Å². The van der Waals surface area contributed by atoms with Gasteiger partial charge >= 0.3 is 0 Å². The van der Waals surface area contributed by atoms with Crippen LogP contribution in [0.4, 0.5) is 11.5 Å². The zero-order valence-electron chi connectivity index (χ0n) is 13.7. The molecule has 0 aliphatic heterocycles. The first-order valence-electron chi connectivity index (χ1n) is 7.73. The molecule has 3 rings (SSSR count). The molecule has 0 fully saturated rings. The number of nitrogens with one attached hydrogen (secondary N) is 2. The maximum Gasteiger partial charge on any atom is 0.262 e. The monoisotopic (exact) mass is 354 g/mol. The van der Waals surface area contributed by atoms with Crippen molar-refractivity contribution in [1.82, 2.24) is 9.97 Å². The minimum atomic E-state index is -3.63. The third-order valence-corrected chi connectivity index (χ3v) is 5.12. The third kappa shape index (κ3) is 4.33. The summed E-state index contributed by atoms with van der Waals surface area (Å²) in [5.74, 6) is 0.643. The summed E-state index contributed by atoms with van der Waals surface area (Å²) in [7, 11) is -3.63. The molecule has 0 saturated carbocycles. The third-order valence-electron chi connectivity index (χ3n) is 3.58. The fourth-order valence-electron chi connectivity index (χ4n) is 2.31. The number of nitrogens with zero attached hydrogens (tertiary/aromatic N) is 2. The van der Waals surface area contributed by atoms with Gasteiger partial charge < -0.3 is 5.32 Å². The molecule has 6 nitrogen and oxygen atoms in total. The molecular weight excluding hydrogens is 336 g/mol. The predicted octanol–water partition coefficient (Wildman–Crippen LogP) is 3.20. The molecule has 25 heavy (non-hydrogen) atoms. The van der Waals surface area contributed by atoms with E-state index in [1.54, 1.807) is 49.5 Å². The van der Waals surface area contributed by atoms with Crippen LogP contribution in [0.1, 0.15) is 11.3 Å². The highest BCUT2D eigenvalue weighted by Gasteiger charge is 2.16. The van der Waals surface area contributed by atoms with Crippen LogP contribution < -0.4 is 10.0 Å². The van der Waals surface area contributed by atoms with Crippen LogP contribution in [0.25, 0.3) is 0 Å². The van der Waals surface area contributed by atoms with E-state index in [1.807, 2.05) is 18.2 Å². The number of hydrogen-bond donors (Lipinski definition) is 2. The fourth-order valence-corrected chi connectivity index (χ4v) is 3.60. The molecule has 128 valence electrons. The Morgan fingerprint density at radius 3 is 2.44 bits per heavy atom. The van der Waals surface area contributed by atoms with Gasteiger partial charge in [0.2, 0.25) is 0 Å². The van der Waals surface area contributed by atoms with Crippen molar-refractivity contribution < 1.29 is 8.42 Å². The second kappa shape index (κ2) is 7.31. The zero-order valence-corrected chi connectivity index (χ0v) is 14.5. The van der Waals surface area contributed by atoms with E-state index in [9.17, 15) is 8.42 Å². The van der Waals surface area contributed by atoms with E-state index in [1.165, 1.54) is 6.20 Å². The maximum atomic E-state index is 12.5. The van der Waals surface area contributed by atoms with Crippen molar-refractivity contribution in [2.24, 2.45) is 0 Å². The van der Waals surface area contributed by atoms with Crippen LogP contribution in [0, 0.1) is 6.92 Å². The summed E-state index contributed by atoms with van der Waals surface area (Å²) in [6.07, 6.45) is 3.21. The maximum absolute atomic E-state index is 12.5. The minimum Gasteiger partial charge on any atom is -0.364 e. The number of aryl methyl sites for hydroxylation is 1. The second-order valence-electron chi connectivity index (χ2n) is 5.48. The van der Waals surface area contributed by atoms with Crippen LogP contribution in [0.2, 0.25) is 0 Å². The predicted molar refractivity (Wildman–Crippen MR) is 97.8 cm³/mol. The lowest BCUT2D eigenvalue weighted by atomic mass is 10.2. The molecule has 1 aromatic carbocycles. The fraction of sp³-hybridized carbons (Fsp3) is 0.111. The molecule has 2 N–H and O–H groups in total. The SMILES string of the molecule is Cc1ccccc1S(=O)(=O)Nc1ccc(NCc2ccccn2)nc1. The molecule has 0 aliphatic rings. The number of rotatable bonds is 6. The number of anilines is 2. The van der Waals surface area contributed by atoms with Crippen molar-refractivity contribution >= 4 is 21.5 Å². The van der Waals surface area contributed by atoms with E-state index >= 15 is 0 Å². The first-order valence-corrected chi connectivity index (χ1v) is 9.21. The van der Waals surface area contributed by atoms with Crippen molar-refractivity contribution in [2.45, 2.75) is 18.4 Å². The zero-order chi connectivity index (χ0) is 17.7. The average Bonchev–Trinajstić information content (AvgIpc) is 2.62. The lowest BCUT2D eigenvalue weighted by molar-refractivity contribution is 0.600. The molecule has 3 aromatic rings. The highest BCUT2D eigenvalue weighted by molar-refractivity contribution is 7.92. The van der Waals surface area contributed by atoms with Crippen molar-refractivity contribution in [3.05, 3.63) is 78.2 Å². The van der Waals surface area contributed by atoms with Gasteiger partial charge in [0.1, 0.15) is 5.82 Å². The van der Waals surface area contributed by atoms with Crippen LogP contribution in [-0.2, 0) is 16.6 Å². The van der Waals surface area contributed by atoms with E-state index in [2.05, 4.69) is 20.0 Å². The molecule has 0 spiro atoms. The average molecular weight is 354 g/mol. The van der Waals surface area contributed by atoms with E-state index < -0.39 is 10.0 Å². The molecular formula is C18H18N4O2S. The van der Waals surface area contributed by atoms with Gasteiger partial charge in [-0.05, 0) is 42.8 Å². The number of sulfonamides is 1. The van der Waals surface area contributed by atoms with Crippen molar-refractivity contribution in [2.75, 3.05) is 10.0 Å². The quantitative estimate of drug-likeness (QED) is 0.710.